The van der Waals surface area contributed by atoms with Gasteiger partial charge in [0.15, 0.2) is 0 Å². The normalized spacial score (nSPS) is 11.6. The van der Waals surface area contributed by atoms with E-state index in [1.54, 1.807) is 18.2 Å². The van der Waals surface area contributed by atoms with Gasteiger partial charge < -0.3 is 9.84 Å². The molecule has 74 valence electrons. The van der Waals surface area contributed by atoms with Crippen molar-refractivity contribution < 1.29 is 9.84 Å². The van der Waals surface area contributed by atoms with Gasteiger partial charge in [-0.25, -0.2) is 0 Å². The van der Waals surface area contributed by atoms with E-state index in [0.29, 0.717) is 11.3 Å². The number of aliphatic hydroxyl groups is 1. The minimum Gasteiger partial charge on any atom is -0.496 e. The second-order valence-corrected chi connectivity index (χ2v) is 2.67. The molecule has 0 radical (unpaired) electrons. The van der Waals surface area contributed by atoms with Crippen LogP contribution in [0.25, 0.3) is 10.4 Å². The first-order valence-corrected chi connectivity index (χ1v) is 4.11. The van der Waals surface area contributed by atoms with E-state index >= 15 is 0 Å². The van der Waals surface area contributed by atoms with E-state index in [4.69, 9.17) is 10.3 Å². The first kappa shape index (κ1) is 10.4. The Hall–Kier alpha value is -1.71. The van der Waals surface area contributed by atoms with Crippen molar-refractivity contribution in [3.05, 3.63) is 40.3 Å². The third-order valence-electron chi connectivity index (χ3n) is 1.82. The van der Waals surface area contributed by atoms with Crippen LogP contribution in [-0.4, -0.2) is 18.8 Å². The van der Waals surface area contributed by atoms with Gasteiger partial charge in [-0.2, -0.15) is 0 Å². The highest BCUT2D eigenvalue weighted by Gasteiger charge is 2.10. The van der Waals surface area contributed by atoms with E-state index in [1.807, 2.05) is 6.07 Å². The summed E-state index contributed by atoms with van der Waals surface area (Å²) < 4.78 is 5.05. The van der Waals surface area contributed by atoms with Crippen molar-refractivity contribution in [1.82, 2.24) is 0 Å². The topological polar surface area (TPSA) is 78.2 Å². The Morgan fingerprint density at radius 2 is 2.29 bits per heavy atom. The molecule has 0 saturated heterocycles. The average Bonchev–Trinajstić information content (AvgIpc) is 2.25. The smallest absolute Gasteiger partial charge is 0.124 e. The summed E-state index contributed by atoms with van der Waals surface area (Å²) >= 11 is 0. The highest BCUT2D eigenvalue weighted by Crippen LogP contribution is 2.24. The number of azide groups is 1. The molecule has 0 unspecified atom stereocenters. The van der Waals surface area contributed by atoms with E-state index < -0.39 is 6.10 Å². The second-order valence-electron chi connectivity index (χ2n) is 2.67. The maximum absolute atomic E-state index is 9.62. The fourth-order valence-corrected chi connectivity index (χ4v) is 1.15. The van der Waals surface area contributed by atoms with Crippen molar-refractivity contribution in [2.75, 3.05) is 13.7 Å². The van der Waals surface area contributed by atoms with Gasteiger partial charge in [-0.15, -0.1) is 0 Å². The summed E-state index contributed by atoms with van der Waals surface area (Å²) in [6.45, 7) is 0.0108. The standard InChI is InChI=1S/C9H11N3O2/c1-14-9-5-3-2-4-7(9)8(13)6-11-12-10/h2-5,8,13H,6H2,1H3/t8-/m0/s1. The van der Waals surface area contributed by atoms with E-state index in [0.717, 1.165) is 0 Å². The molecule has 0 aromatic heterocycles. The second kappa shape index (κ2) is 5.11. The zero-order valence-corrected chi connectivity index (χ0v) is 7.79. The maximum Gasteiger partial charge on any atom is 0.124 e. The fraction of sp³-hybridized carbons (Fsp3) is 0.333. The van der Waals surface area contributed by atoms with Crippen LogP contribution in [0.5, 0.6) is 5.75 Å². The lowest BCUT2D eigenvalue weighted by Crippen LogP contribution is -2.03. The Balaban J connectivity index is 2.87. The number of hydrogen-bond acceptors (Lipinski definition) is 3. The predicted octanol–water partition coefficient (Wildman–Crippen LogP) is 2.04. The van der Waals surface area contributed by atoms with Gasteiger partial charge in [-0.1, -0.05) is 23.3 Å². The summed E-state index contributed by atoms with van der Waals surface area (Å²) in [7, 11) is 1.53. The highest BCUT2D eigenvalue weighted by atomic mass is 16.5. The summed E-state index contributed by atoms with van der Waals surface area (Å²) in [5, 5.41) is 12.9. The molecule has 0 heterocycles. The van der Waals surface area contributed by atoms with Crippen molar-refractivity contribution in [3.8, 4) is 5.75 Å². The van der Waals surface area contributed by atoms with Crippen molar-refractivity contribution >= 4 is 0 Å². The van der Waals surface area contributed by atoms with Gasteiger partial charge in [0.05, 0.1) is 19.8 Å². The SMILES string of the molecule is COc1ccccc1[C@@H](O)CN=[N+]=[N-]. The fourth-order valence-electron chi connectivity index (χ4n) is 1.15. The summed E-state index contributed by atoms with van der Waals surface area (Å²) in [5.41, 5.74) is 8.73. The molecule has 0 spiro atoms. The van der Waals surface area contributed by atoms with Crippen LogP contribution in [0.3, 0.4) is 0 Å². The van der Waals surface area contributed by atoms with E-state index in [1.165, 1.54) is 7.11 Å². The first-order valence-electron chi connectivity index (χ1n) is 4.11. The third-order valence-corrected chi connectivity index (χ3v) is 1.82. The number of methoxy groups -OCH3 is 1. The molecule has 1 rings (SSSR count). The Morgan fingerprint density at radius 3 is 2.93 bits per heavy atom. The molecule has 1 N–H and O–H groups in total. The van der Waals surface area contributed by atoms with Crippen LogP contribution >= 0.6 is 0 Å². The number of hydrogen-bond donors (Lipinski definition) is 1. The number of rotatable bonds is 4. The van der Waals surface area contributed by atoms with Crippen LogP contribution in [0.4, 0.5) is 0 Å². The van der Waals surface area contributed by atoms with Crippen LogP contribution in [0.2, 0.25) is 0 Å². The molecule has 1 atom stereocenters. The van der Waals surface area contributed by atoms with Crippen LogP contribution in [0.15, 0.2) is 29.4 Å². The van der Waals surface area contributed by atoms with E-state index in [9.17, 15) is 5.11 Å². The maximum atomic E-state index is 9.62. The van der Waals surface area contributed by atoms with Crippen LogP contribution < -0.4 is 4.74 Å². The number of benzene rings is 1. The molecule has 1 aromatic rings. The predicted molar refractivity (Wildman–Crippen MR) is 52.0 cm³/mol. The van der Waals surface area contributed by atoms with Gasteiger partial charge in [0, 0.05) is 10.5 Å². The Bertz CT molecular complexity index is 348. The van der Waals surface area contributed by atoms with Crippen LogP contribution in [-0.2, 0) is 0 Å². The average molecular weight is 193 g/mol. The van der Waals surface area contributed by atoms with Crippen molar-refractivity contribution in [3.63, 3.8) is 0 Å². The summed E-state index contributed by atoms with van der Waals surface area (Å²) in [5.74, 6) is 0.591. The summed E-state index contributed by atoms with van der Waals surface area (Å²) in [6.07, 6.45) is -0.818. The van der Waals surface area contributed by atoms with E-state index in [2.05, 4.69) is 10.0 Å². The van der Waals surface area contributed by atoms with Gasteiger partial charge in [0.25, 0.3) is 0 Å². The molecular weight excluding hydrogens is 182 g/mol. The Labute approximate surface area is 81.6 Å². The number of para-hydroxylation sites is 1. The molecule has 5 heteroatoms. The van der Waals surface area contributed by atoms with Crippen molar-refractivity contribution in [2.45, 2.75) is 6.10 Å². The van der Waals surface area contributed by atoms with Crippen molar-refractivity contribution in [1.29, 1.82) is 0 Å². The van der Waals surface area contributed by atoms with Crippen LogP contribution in [0, 0.1) is 0 Å². The van der Waals surface area contributed by atoms with Crippen molar-refractivity contribution in [2.24, 2.45) is 5.11 Å². The molecule has 0 amide bonds. The zero-order chi connectivity index (χ0) is 10.4. The number of aliphatic hydroxyl groups excluding tert-OH is 1. The van der Waals surface area contributed by atoms with Gasteiger partial charge in [-0.05, 0) is 11.6 Å². The van der Waals surface area contributed by atoms with E-state index in [-0.39, 0.29) is 6.54 Å². The molecule has 0 saturated carbocycles. The molecule has 0 aliphatic carbocycles. The molecule has 5 nitrogen and oxygen atoms in total. The van der Waals surface area contributed by atoms with Gasteiger partial charge in [0.1, 0.15) is 5.75 Å². The monoisotopic (exact) mass is 193 g/mol. The molecule has 14 heavy (non-hydrogen) atoms. The highest BCUT2D eigenvalue weighted by molar-refractivity contribution is 5.35. The van der Waals surface area contributed by atoms with Crippen LogP contribution in [0.1, 0.15) is 11.7 Å². The van der Waals surface area contributed by atoms with Gasteiger partial charge in [0.2, 0.25) is 0 Å². The zero-order valence-electron chi connectivity index (χ0n) is 7.79. The summed E-state index contributed by atoms with van der Waals surface area (Å²) in [4.78, 5) is 2.58. The first-order chi connectivity index (χ1) is 6.79. The molecule has 1 aromatic carbocycles. The molecule has 0 fully saturated rings. The Morgan fingerprint density at radius 1 is 1.57 bits per heavy atom. The van der Waals surface area contributed by atoms with Gasteiger partial charge >= 0.3 is 0 Å². The molecule has 0 bridgehead atoms. The Kier molecular flexibility index (Phi) is 3.79. The molecule has 0 aliphatic rings. The lowest BCUT2D eigenvalue weighted by atomic mass is 10.1. The lowest BCUT2D eigenvalue weighted by Gasteiger charge is -2.11. The molecule has 0 aliphatic heterocycles. The quantitative estimate of drug-likeness (QED) is 0.451. The number of nitrogens with zero attached hydrogens (tertiary/aromatic N) is 3. The molecular formula is C9H11N3O2. The minimum atomic E-state index is -0.818. The largest absolute Gasteiger partial charge is 0.496 e. The summed E-state index contributed by atoms with van der Waals surface area (Å²) in [6, 6.07) is 7.07. The lowest BCUT2D eigenvalue weighted by molar-refractivity contribution is 0.182. The minimum absolute atomic E-state index is 0.0108. The third kappa shape index (κ3) is 2.39. The number of ether oxygens (including phenoxy) is 1. The van der Waals surface area contributed by atoms with Gasteiger partial charge in [-0.3, -0.25) is 0 Å².